The average Bonchev–Trinajstić information content (AvgIpc) is 1.82. The fourth-order valence-electron chi connectivity index (χ4n) is 0.358. The molecule has 2 N–H and O–H groups in total. The Bertz CT molecular complexity index is 102. The minimum atomic E-state index is -0.473. The first-order valence-corrected chi connectivity index (χ1v) is 4.39. The van der Waals surface area contributed by atoms with Crippen molar-refractivity contribution in [3.05, 3.63) is 0 Å². The van der Waals surface area contributed by atoms with Gasteiger partial charge in [-0.3, -0.25) is 4.79 Å². The summed E-state index contributed by atoms with van der Waals surface area (Å²) < 4.78 is 0. The van der Waals surface area contributed by atoms with Crippen molar-refractivity contribution in [1.82, 2.24) is 0 Å². The first-order chi connectivity index (χ1) is 4.18. The van der Waals surface area contributed by atoms with Gasteiger partial charge in [0.25, 0.3) is 0 Å². The van der Waals surface area contributed by atoms with Crippen LogP contribution in [0.25, 0.3) is 0 Å². The maximum Gasteiger partial charge on any atom is 0.238 e. The molecular formula is C5H11Cl2NOS. The van der Waals surface area contributed by atoms with E-state index < -0.39 is 11.3 Å². The minimum Gasteiger partial charge on any atom is -0.320 e. The maximum absolute atomic E-state index is 10.3. The molecule has 2 nitrogen and oxygen atoms in total. The van der Waals surface area contributed by atoms with Gasteiger partial charge in [0.2, 0.25) is 5.24 Å². The summed E-state index contributed by atoms with van der Waals surface area (Å²) in [6, 6.07) is -0.473. The number of hydrogen-bond donors (Lipinski definition) is 1. The lowest BCUT2D eigenvalue weighted by Gasteiger charge is -2.02. The van der Waals surface area contributed by atoms with E-state index in [2.05, 4.69) is 0 Å². The molecule has 0 amide bonds. The van der Waals surface area contributed by atoms with Crippen molar-refractivity contribution >= 4 is 41.0 Å². The topological polar surface area (TPSA) is 43.1 Å². The molecular weight excluding hydrogens is 193 g/mol. The summed E-state index contributed by atoms with van der Waals surface area (Å²) in [5.74, 6) is 0.889. The van der Waals surface area contributed by atoms with E-state index >= 15 is 0 Å². The second-order valence-electron chi connectivity index (χ2n) is 1.69. The highest BCUT2D eigenvalue weighted by Crippen LogP contribution is 2.00. The summed E-state index contributed by atoms with van der Waals surface area (Å²) in [5, 5.41) is -0.441. The zero-order chi connectivity index (χ0) is 7.28. The molecule has 5 heteroatoms. The van der Waals surface area contributed by atoms with Crippen LogP contribution in [0.5, 0.6) is 0 Å². The molecule has 0 aliphatic carbocycles. The number of thioether (sulfide) groups is 1. The first kappa shape index (κ1) is 13.2. The summed E-state index contributed by atoms with van der Waals surface area (Å²) in [6.45, 7) is 0. The Balaban J connectivity index is 0. The molecule has 0 saturated carbocycles. The van der Waals surface area contributed by atoms with E-state index in [0.717, 1.165) is 5.75 Å². The second-order valence-corrected chi connectivity index (χ2v) is 3.05. The zero-order valence-electron chi connectivity index (χ0n) is 5.67. The summed E-state index contributed by atoms with van der Waals surface area (Å²) in [7, 11) is 0. The smallest absolute Gasteiger partial charge is 0.238 e. The van der Waals surface area contributed by atoms with Crippen molar-refractivity contribution in [2.45, 2.75) is 12.5 Å². The molecule has 0 aliphatic heterocycles. The third-order valence-corrected chi connectivity index (χ3v) is 1.85. The van der Waals surface area contributed by atoms with Gasteiger partial charge in [-0.05, 0) is 30.0 Å². The van der Waals surface area contributed by atoms with Crippen molar-refractivity contribution in [1.29, 1.82) is 0 Å². The van der Waals surface area contributed by atoms with Crippen LogP contribution in [0.1, 0.15) is 6.42 Å². The van der Waals surface area contributed by atoms with Crippen LogP contribution >= 0.6 is 35.8 Å². The summed E-state index contributed by atoms with van der Waals surface area (Å²) >= 11 is 6.75. The quantitative estimate of drug-likeness (QED) is 0.701. The van der Waals surface area contributed by atoms with Crippen molar-refractivity contribution in [2.75, 3.05) is 12.0 Å². The molecule has 0 fully saturated rings. The Hall–Kier alpha value is 0.560. The monoisotopic (exact) mass is 203 g/mol. The van der Waals surface area contributed by atoms with Crippen LogP contribution in [0, 0.1) is 0 Å². The van der Waals surface area contributed by atoms with Crippen LogP contribution < -0.4 is 5.73 Å². The fraction of sp³-hybridized carbons (Fsp3) is 0.800. The third-order valence-electron chi connectivity index (χ3n) is 0.924. The van der Waals surface area contributed by atoms with Crippen LogP contribution in [0.2, 0.25) is 0 Å². The Morgan fingerprint density at radius 2 is 2.30 bits per heavy atom. The molecule has 0 spiro atoms. The van der Waals surface area contributed by atoms with Gasteiger partial charge in [0.05, 0.1) is 6.04 Å². The molecule has 10 heavy (non-hydrogen) atoms. The summed E-state index contributed by atoms with van der Waals surface area (Å²) in [5.41, 5.74) is 5.31. The predicted molar refractivity (Wildman–Crippen MR) is 49.1 cm³/mol. The summed E-state index contributed by atoms with van der Waals surface area (Å²) in [6.07, 6.45) is 2.63. The van der Waals surface area contributed by atoms with Gasteiger partial charge >= 0.3 is 0 Å². The van der Waals surface area contributed by atoms with Crippen molar-refractivity contribution < 1.29 is 4.79 Å². The molecule has 0 radical (unpaired) electrons. The Kier molecular flexibility index (Phi) is 10.1. The van der Waals surface area contributed by atoms with E-state index in [1.54, 1.807) is 11.8 Å². The van der Waals surface area contributed by atoms with Crippen LogP contribution in [0.15, 0.2) is 0 Å². The normalized spacial score (nSPS) is 11.9. The van der Waals surface area contributed by atoms with Gasteiger partial charge in [0.1, 0.15) is 0 Å². The van der Waals surface area contributed by atoms with E-state index in [-0.39, 0.29) is 12.4 Å². The van der Waals surface area contributed by atoms with Gasteiger partial charge in [0.15, 0.2) is 0 Å². The number of carbonyl (C=O) groups excluding carboxylic acids is 1. The molecule has 0 unspecified atom stereocenters. The molecule has 0 aromatic heterocycles. The number of carbonyl (C=O) groups is 1. The molecule has 0 saturated heterocycles. The first-order valence-electron chi connectivity index (χ1n) is 2.62. The molecule has 0 aromatic rings. The highest BCUT2D eigenvalue weighted by Gasteiger charge is 2.07. The molecule has 0 heterocycles. The maximum atomic E-state index is 10.3. The van der Waals surface area contributed by atoms with Gasteiger partial charge < -0.3 is 5.73 Å². The third kappa shape index (κ3) is 6.68. The standard InChI is InChI=1S/C5H10ClNOS.ClH/c1-9-3-2-4(7)5(6)8;/h4H,2-3,7H2,1H3;1H/t4-;/m0./s1. The zero-order valence-corrected chi connectivity index (χ0v) is 8.06. The van der Waals surface area contributed by atoms with Crippen molar-refractivity contribution in [3.8, 4) is 0 Å². The largest absolute Gasteiger partial charge is 0.320 e. The van der Waals surface area contributed by atoms with Crippen molar-refractivity contribution in [2.24, 2.45) is 5.73 Å². The lowest BCUT2D eigenvalue weighted by Crippen LogP contribution is -2.27. The highest BCUT2D eigenvalue weighted by molar-refractivity contribution is 7.98. The Labute approximate surface area is 76.3 Å². The van der Waals surface area contributed by atoms with Crippen LogP contribution in [0.3, 0.4) is 0 Å². The van der Waals surface area contributed by atoms with E-state index in [1.807, 2.05) is 6.26 Å². The number of hydrogen-bond acceptors (Lipinski definition) is 3. The van der Waals surface area contributed by atoms with Gasteiger partial charge in [0, 0.05) is 0 Å². The van der Waals surface area contributed by atoms with Crippen LogP contribution in [0.4, 0.5) is 0 Å². The van der Waals surface area contributed by atoms with Crippen LogP contribution in [-0.2, 0) is 4.79 Å². The molecule has 1 atom stereocenters. The Morgan fingerprint density at radius 1 is 1.80 bits per heavy atom. The molecule has 0 aromatic carbocycles. The molecule has 62 valence electrons. The van der Waals surface area contributed by atoms with E-state index in [9.17, 15) is 4.79 Å². The SMILES string of the molecule is CSCC[C@H](N)C(=O)Cl.Cl. The minimum absolute atomic E-state index is 0. The second kappa shape index (κ2) is 7.66. The van der Waals surface area contributed by atoms with Gasteiger partial charge in [-0.15, -0.1) is 12.4 Å². The van der Waals surface area contributed by atoms with E-state index in [4.69, 9.17) is 17.3 Å². The summed E-state index contributed by atoms with van der Waals surface area (Å²) in [4.78, 5) is 10.3. The van der Waals surface area contributed by atoms with E-state index in [0.29, 0.717) is 6.42 Å². The van der Waals surface area contributed by atoms with Gasteiger partial charge in [-0.1, -0.05) is 0 Å². The molecule has 0 bridgehead atoms. The fourth-order valence-corrected chi connectivity index (χ4v) is 0.957. The number of rotatable bonds is 4. The Morgan fingerprint density at radius 3 is 2.60 bits per heavy atom. The number of halogens is 2. The van der Waals surface area contributed by atoms with Crippen molar-refractivity contribution in [3.63, 3.8) is 0 Å². The lowest BCUT2D eigenvalue weighted by molar-refractivity contribution is -0.112. The van der Waals surface area contributed by atoms with Crippen LogP contribution in [-0.4, -0.2) is 23.3 Å². The highest BCUT2D eigenvalue weighted by atomic mass is 35.5. The van der Waals surface area contributed by atoms with Gasteiger partial charge in [-0.2, -0.15) is 11.8 Å². The van der Waals surface area contributed by atoms with E-state index in [1.165, 1.54) is 0 Å². The van der Waals surface area contributed by atoms with Gasteiger partial charge in [-0.25, -0.2) is 0 Å². The predicted octanol–water partition coefficient (Wildman–Crippen LogP) is 1.25. The molecule has 0 rings (SSSR count). The lowest BCUT2D eigenvalue weighted by atomic mass is 10.3. The average molecular weight is 204 g/mol. The molecule has 0 aliphatic rings. The number of nitrogens with two attached hydrogens (primary N) is 1.